The summed E-state index contributed by atoms with van der Waals surface area (Å²) in [4.78, 5) is 12.6. The summed E-state index contributed by atoms with van der Waals surface area (Å²) < 4.78 is 0. The monoisotopic (exact) mass is 1100 g/mol. The van der Waals surface area contributed by atoms with E-state index in [1.807, 2.05) is 0 Å². The molecule has 0 radical (unpaired) electrons. The number of carbonyl (C=O) groups is 1. The van der Waals surface area contributed by atoms with Gasteiger partial charge in [0, 0.05) is 6.42 Å². The van der Waals surface area contributed by atoms with Crippen molar-refractivity contribution in [2.45, 2.75) is 450 Å². The lowest BCUT2D eigenvalue weighted by Crippen LogP contribution is -2.45. The highest BCUT2D eigenvalue weighted by Crippen LogP contribution is 2.20. The molecular formula is C74H147NO3. The van der Waals surface area contributed by atoms with Crippen LogP contribution in [-0.4, -0.2) is 34.9 Å². The molecule has 4 heteroatoms. The number of hydrogen-bond acceptors (Lipinski definition) is 3. The summed E-state index contributed by atoms with van der Waals surface area (Å²) in [6, 6.07) is -0.534. The second-order valence-corrected chi connectivity index (χ2v) is 25.7. The van der Waals surface area contributed by atoms with Crippen LogP contribution in [0.5, 0.6) is 0 Å². The molecule has 0 saturated carbocycles. The predicted octanol–water partition coefficient (Wildman–Crippen LogP) is 25.2. The van der Waals surface area contributed by atoms with Gasteiger partial charge in [0.25, 0.3) is 0 Å². The van der Waals surface area contributed by atoms with Crippen LogP contribution >= 0.6 is 0 Å². The van der Waals surface area contributed by atoms with E-state index in [4.69, 9.17) is 0 Å². The SMILES string of the molecule is CCCCCCCCCC/C=C\CCCCCCCCCCCCCCCCCCCCCCCCCCCC(=O)NC(CO)C(O)CCCCCCCCCCCCCCCCCCCCCCCCCCCCCCC. The molecule has 1 amide bonds. The summed E-state index contributed by atoms with van der Waals surface area (Å²) in [6.45, 7) is 4.42. The van der Waals surface area contributed by atoms with Crippen LogP contribution in [0.3, 0.4) is 0 Å². The highest BCUT2D eigenvalue weighted by atomic mass is 16.3. The van der Waals surface area contributed by atoms with Gasteiger partial charge in [-0.05, 0) is 38.5 Å². The lowest BCUT2D eigenvalue weighted by molar-refractivity contribution is -0.123. The lowest BCUT2D eigenvalue weighted by atomic mass is 10.0. The average Bonchev–Trinajstić information content (AvgIpc) is 3.44. The van der Waals surface area contributed by atoms with Crippen LogP contribution < -0.4 is 5.32 Å². The first-order valence-electron chi connectivity index (χ1n) is 36.9. The number of hydrogen-bond donors (Lipinski definition) is 3. The first kappa shape index (κ1) is 77.1. The number of rotatable bonds is 70. The van der Waals surface area contributed by atoms with Crippen molar-refractivity contribution < 1.29 is 15.0 Å². The van der Waals surface area contributed by atoms with Gasteiger partial charge >= 0.3 is 0 Å². The van der Waals surface area contributed by atoms with Crippen LogP contribution in [0, 0.1) is 0 Å². The summed E-state index contributed by atoms with van der Waals surface area (Å²) in [5, 5.41) is 23.5. The van der Waals surface area contributed by atoms with Crippen molar-refractivity contribution in [3.05, 3.63) is 12.2 Å². The van der Waals surface area contributed by atoms with E-state index in [1.54, 1.807) is 0 Å². The molecule has 2 atom stereocenters. The van der Waals surface area contributed by atoms with Gasteiger partial charge in [-0.3, -0.25) is 4.79 Å². The van der Waals surface area contributed by atoms with Crippen molar-refractivity contribution >= 4 is 5.91 Å². The van der Waals surface area contributed by atoms with Crippen LogP contribution in [-0.2, 0) is 4.79 Å². The second kappa shape index (κ2) is 70.4. The molecule has 0 aliphatic carbocycles. The molecule has 0 rings (SSSR count). The summed E-state index contributed by atoms with van der Waals surface area (Å²) in [5.74, 6) is -0.0197. The standard InChI is InChI=1S/C74H147NO3/c1-3-5-7-9-11-13-15-17-19-21-23-25-27-29-31-33-34-35-36-37-38-39-40-42-44-46-48-50-52-54-56-58-60-62-64-66-68-70-74(78)75-72(71-76)73(77)69-67-65-63-61-59-57-55-53-51-49-47-45-43-41-32-30-28-26-24-22-20-18-16-14-12-10-8-6-4-2/h21,23,72-73,76-77H,3-20,22,24-71H2,1-2H3,(H,75,78)/b23-21-. The Balaban J connectivity index is 3.35. The second-order valence-electron chi connectivity index (χ2n) is 25.7. The van der Waals surface area contributed by atoms with Crippen LogP contribution in [0.1, 0.15) is 438 Å². The average molecular weight is 1100 g/mol. The van der Waals surface area contributed by atoms with Gasteiger partial charge in [-0.2, -0.15) is 0 Å². The zero-order chi connectivity index (χ0) is 56.2. The van der Waals surface area contributed by atoms with Crippen molar-refractivity contribution in [2.75, 3.05) is 6.61 Å². The van der Waals surface area contributed by atoms with Crippen molar-refractivity contribution in [2.24, 2.45) is 0 Å². The number of unbranched alkanes of at least 4 members (excludes halogenated alkanes) is 61. The minimum Gasteiger partial charge on any atom is -0.394 e. The fourth-order valence-electron chi connectivity index (χ4n) is 12.2. The van der Waals surface area contributed by atoms with E-state index in [9.17, 15) is 15.0 Å². The Morgan fingerprint density at radius 3 is 0.705 bits per heavy atom. The summed E-state index contributed by atoms with van der Waals surface area (Å²) in [5.41, 5.74) is 0. The number of nitrogens with one attached hydrogen (secondary N) is 1. The van der Waals surface area contributed by atoms with Gasteiger partial charge in [0.2, 0.25) is 5.91 Å². The Bertz CT molecular complexity index is 1110. The van der Waals surface area contributed by atoms with Gasteiger partial charge in [0.05, 0.1) is 18.8 Å². The van der Waals surface area contributed by atoms with Gasteiger partial charge in [-0.25, -0.2) is 0 Å². The van der Waals surface area contributed by atoms with Gasteiger partial charge < -0.3 is 15.5 Å². The van der Waals surface area contributed by atoms with Gasteiger partial charge in [-0.1, -0.05) is 405 Å². The maximum Gasteiger partial charge on any atom is 0.220 e. The van der Waals surface area contributed by atoms with Crippen LogP contribution in [0.25, 0.3) is 0 Å². The molecule has 0 fully saturated rings. The molecule has 0 spiro atoms. The van der Waals surface area contributed by atoms with Crippen molar-refractivity contribution in [1.29, 1.82) is 0 Å². The molecule has 2 unspecified atom stereocenters. The van der Waals surface area contributed by atoms with E-state index in [2.05, 4.69) is 31.3 Å². The summed E-state index contributed by atoms with van der Waals surface area (Å²) in [6.07, 6.45) is 94.4. The van der Waals surface area contributed by atoms with Gasteiger partial charge in [-0.15, -0.1) is 0 Å². The minimum absolute atomic E-state index is 0.0197. The Morgan fingerprint density at radius 2 is 0.487 bits per heavy atom. The lowest BCUT2D eigenvalue weighted by Gasteiger charge is -2.22. The van der Waals surface area contributed by atoms with E-state index in [0.717, 1.165) is 25.7 Å². The van der Waals surface area contributed by atoms with E-state index in [0.29, 0.717) is 12.8 Å². The third kappa shape index (κ3) is 65.9. The smallest absolute Gasteiger partial charge is 0.220 e. The molecule has 0 bridgehead atoms. The number of allylic oxidation sites excluding steroid dienone is 2. The van der Waals surface area contributed by atoms with E-state index in [-0.39, 0.29) is 12.5 Å². The van der Waals surface area contributed by atoms with Crippen LogP contribution in [0.2, 0.25) is 0 Å². The third-order valence-electron chi connectivity index (χ3n) is 17.8. The Morgan fingerprint density at radius 1 is 0.295 bits per heavy atom. The third-order valence-corrected chi connectivity index (χ3v) is 17.8. The van der Waals surface area contributed by atoms with Gasteiger partial charge in [0.1, 0.15) is 0 Å². The summed E-state index contributed by atoms with van der Waals surface area (Å²) >= 11 is 0. The molecule has 0 aliphatic rings. The molecule has 0 heterocycles. The number of amides is 1. The summed E-state index contributed by atoms with van der Waals surface area (Å²) in [7, 11) is 0. The molecular weight excluding hydrogens is 951 g/mol. The van der Waals surface area contributed by atoms with Crippen LogP contribution in [0.4, 0.5) is 0 Å². The predicted molar refractivity (Wildman–Crippen MR) is 350 cm³/mol. The number of carbonyl (C=O) groups excluding carboxylic acids is 1. The molecule has 3 N–H and O–H groups in total. The first-order chi connectivity index (χ1) is 38.7. The quantitative estimate of drug-likeness (QED) is 0.0420. The highest BCUT2D eigenvalue weighted by molar-refractivity contribution is 5.76. The van der Waals surface area contributed by atoms with Crippen LogP contribution in [0.15, 0.2) is 12.2 Å². The molecule has 4 nitrogen and oxygen atoms in total. The fourth-order valence-corrected chi connectivity index (χ4v) is 12.2. The zero-order valence-electron chi connectivity index (χ0n) is 54.0. The molecule has 466 valence electrons. The molecule has 0 saturated heterocycles. The maximum absolute atomic E-state index is 12.6. The fraction of sp³-hybridized carbons (Fsp3) is 0.959. The zero-order valence-corrected chi connectivity index (χ0v) is 54.0. The first-order valence-corrected chi connectivity index (χ1v) is 36.9. The molecule has 78 heavy (non-hydrogen) atoms. The maximum atomic E-state index is 12.6. The van der Waals surface area contributed by atoms with E-state index >= 15 is 0 Å². The molecule has 0 aromatic heterocycles. The normalized spacial score (nSPS) is 12.6. The molecule has 0 aromatic carbocycles. The Hall–Kier alpha value is -0.870. The van der Waals surface area contributed by atoms with Crippen molar-refractivity contribution in [3.63, 3.8) is 0 Å². The van der Waals surface area contributed by atoms with E-state index < -0.39 is 12.1 Å². The van der Waals surface area contributed by atoms with Gasteiger partial charge in [0.15, 0.2) is 0 Å². The van der Waals surface area contributed by atoms with E-state index in [1.165, 1.54) is 385 Å². The molecule has 0 aromatic rings. The minimum atomic E-state index is -0.658. The Labute approximate surface area is 492 Å². The Kier molecular flexibility index (Phi) is 69.6. The highest BCUT2D eigenvalue weighted by Gasteiger charge is 2.20. The number of aliphatic hydroxyl groups excluding tert-OH is 2. The van der Waals surface area contributed by atoms with Crippen molar-refractivity contribution in [1.82, 2.24) is 5.32 Å². The largest absolute Gasteiger partial charge is 0.394 e. The molecule has 0 aliphatic heterocycles. The number of aliphatic hydroxyl groups is 2. The topological polar surface area (TPSA) is 69.6 Å². The van der Waals surface area contributed by atoms with Crippen molar-refractivity contribution in [3.8, 4) is 0 Å².